The van der Waals surface area contributed by atoms with Gasteiger partial charge in [0.15, 0.2) is 0 Å². The van der Waals surface area contributed by atoms with Crippen LogP contribution in [0.2, 0.25) is 0 Å². The number of nitrogens with zero attached hydrogens (tertiary/aromatic N) is 1. The Hall–Kier alpha value is -1.14. The van der Waals surface area contributed by atoms with Crippen molar-refractivity contribution in [3.05, 3.63) is 0 Å². The lowest BCUT2D eigenvalue weighted by molar-refractivity contribution is -0.156. The lowest BCUT2D eigenvalue weighted by Gasteiger charge is -2.39. The van der Waals surface area contributed by atoms with Crippen molar-refractivity contribution in [3.8, 4) is 0 Å². The average Bonchev–Trinajstić information content (AvgIpc) is 2.46. The van der Waals surface area contributed by atoms with Gasteiger partial charge in [-0.05, 0) is 25.7 Å². The zero-order chi connectivity index (χ0) is 15.9. The first kappa shape index (κ1) is 17.9. The molecule has 0 aliphatic carbocycles. The van der Waals surface area contributed by atoms with Crippen LogP contribution in [-0.4, -0.2) is 56.2 Å². The van der Waals surface area contributed by atoms with Gasteiger partial charge in [-0.15, -0.1) is 0 Å². The van der Waals surface area contributed by atoms with E-state index >= 15 is 0 Å². The fourth-order valence-corrected chi connectivity index (χ4v) is 2.63. The van der Waals surface area contributed by atoms with Crippen LogP contribution in [0, 0.1) is 11.3 Å². The van der Waals surface area contributed by atoms with Crippen LogP contribution >= 0.6 is 0 Å². The van der Waals surface area contributed by atoms with Crippen LogP contribution in [0.3, 0.4) is 0 Å². The highest BCUT2D eigenvalue weighted by atomic mass is 16.5. The van der Waals surface area contributed by atoms with Crippen molar-refractivity contribution in [3.63, 3.8) is 0 Å². The van der Waals surface area contributed by atoms with Crippen molar-refractivity contribution >= 4 is 11.9 Å². The molecule has 6 heteroatoms. The molecule has 1 aliphatic heterocycles. The molecule has 0 aromatic rings. The molecule has 1 aliphatic rings. The number of hydrogen-bond acceptors (Lipinski definition) is 5. The molecule has 0 atom stereocenters. The Bertz CT molecular complexity index is 352. The van der Waals surface area contributed by atoms with E-state index in [0.717, 1.165) is 0 Å². The van der Waals surface area contributed by atoms with E-state index in [4.69, 9.17) is 15.2 Å². The molecule has 1 amide bonds. The predicted octanol–water partition coefficient (Wildman–Crippen LogP) is 0.790. The van der Waals surface area contributed by atoms with E-state index in [1.807, 2.05) is 13.8 Å². The third-order valence-corrected chi connectivity index (χ3v) is 3.79. The SMILES string of the molecule is CCOC(=O)CN(CC(C)C)C(=O)C1(CN)CCOCC1. The number of carbonyl (C=O) groups is 2. The first-order chi connectivity index (χ1) is 9.95. The lowest BCUT2D eigenvalue weighted by atomic mass is 9.78. The van der Waals surface area contributed by atoms with Gasteiger partial charge in [-0.3, -0.25) is 9.59 Å². The maximum absolute atomic E-state index is 12.9. The van der Waals surface area contributed by atoms with Gasteiger partial charge >= 0.3 is 5.97 Å². The number of amides is 1. The Labute approximate surface area is 126 Å². The summed E-state index contributed by atoms with van der Waals surface area (Å²) in [6.07, 6.45) is 1.22. The maximum atomic E-state index is 12.9. The largest absolute Gasteiger partial charge is 0.465 e. The van der Waals surface area contributed by atoms with E-state index in [1.165, 1.54) is 0 Å². The molecule has 6 nitrogen and oxygen atoms in total. The maximum Gasteiger partial charge on any atom is 0.325 e. The van der Waals surface area contributed by atoms with E-state index in [-0.39, 0.29) is 30.9 Å². The molecule has 0 spiro atoms. The molecule has 0 aromatic heterocycles. The standard InChI is InChI=1S/C15H28N2O4/c1-4-21-13(18)10-17(9-12(2)3)14(19)15(11-16)5-7-20-8-6-15/h12H,4-11,16H2,1-3H3. The van der Waals surface area contributed by atoms with Crippen LogP contribution in [0.5, 0.6) is 0 Å². The topological polar surface area (TPSA) is 81.9 Å². The molecule has 0 saturated carbocycles. The first-order valence-electron chi connectivity index (χ1n) is 7.68. The van der Waals surface area contributed by atoms with Crippen LogP contribution < -0.4 is 5.73 Å². The van der Waals surface area contributed by atoms with Gasteiger partial charge in [-0.1, -0.05) is 13.8 Å². The molecule has 1 heterocycles. The van der Waals surface area contributed by atoms with Crippen molar-refractivity contribution in [2.45, 2.75) is 33.6 Å². The Kier molecular flexibility index (Phi) is 7.11. The smallest absolute Gasteiger partial charge is 0.325 e. The number of hydrogen-bond donors (Lipinski definition) is 1. The number of nitrogens with two attached hydrogens (primary N) is 1. The zero-order valence-corrected chi connectivity index (χ0v) is 13.4. The third-order valence-electron chi connectivity index (χ3n) is 3.79. The van der Waals surface area contributed by atoms with Crippen molar-refractivity contribution in [2.75, 3.05) is 39.5 Å². The highest BCUT2D eigenvalue weighted by molar-refractivity contribution is 5.86. The van der Waals surface area contributed by atoms with Gasteiger partial charge < -0.3 is 20.1 Å². The van der Waals surface area contributed by atoms with Crippen molar-refractivity contribution in [2.24, 2.45) is 17.1 Å². The molecular weight excluding hydrogens is 272 g/mol. The van der Waals surface area contributed by atoms with Gasteiger partial charge in [0.05, 0.1) is 12.0 Å². The fourth-order valence-electron chi connectivity index (χ4n) is 2.63. The summed E-state index contributed by atoms with van der Waals surface area (Å²) in [6.45, 7) is 8.00. The normalized spacial score (nSPS) is 17.6. The van der Waals surface area contributed by atoms with Crippen LogP contribution in [0.15, 0.2) is 0 Å². The molecule has 0 bridgehead atoms. The molecule has 2 N–H and O–H groups in total. The third kappa shape index (κ3) is 4.97. The van der Waals surface area contributed by atoms with Gasteiger partial charge in [0.2, 0.25) is 5.91 Å². The molecule has 1 saturated heterocycles. The summed E-state index contributed by atoms with van der Waals surface area (Å²) in [7, 11) is 0. The Morgan fingerprint density at radius 1 is 1.33 bits per heavy atom. The number of ether oxygens (including phenoxy) is 2. The molecular formula is C15H28N2O4. The molecule has 0 radical (unpaired) electrons. The summed E-state index contributed by atoms with van der Waals surface area (Å²) in [4.78, 5) is 26.2. The molecule has 1 fully saturated rings. The summed E-state index contributed by atoms with van der Waals surface area (Å²) in [5.41, 5.74) is 5.28. The summed E-state index contributed by atoms with van der Waals surface area (Å²) in [5, 5.41) is 0. The summed E-state index contributed by atoms with van der Waals surface area (Å²) in [5.74, 6) is -0.140. The minimum Gasteiger partial charge on any atom is -0.465 e. The van der Waals surface area contributed by atoms with Crippen molar-refractivity contribution in [1.29, 1.82) is 0 Å². The number of rotatable bonds is 7. The summed E-state index contributed by atoms with van der Waals surface area (Å²) < 4.78 is 10.3. The minimum atomic E-state index is -0.598. The summed E-state index contributed by atoms with van der Waals surface area (Å²) in [6, 6.07) is 0. The molecule has 0 aromatic carbocycles. The van der Waals surface area contributed by atoms with Gasteiger partial charge in [0, 0.05) is 26.3 Å². The second kappa shape index (κ2) is 8.34. The van der Waals surface area contributed by atoms with Crippen molar-refractivity contribution in [1.82, 2.24) is 4.90 Å². The fraction of sp³-hybridized carbons (Fsp3) is 0.867. The van der Waals surface area contributed by atoms with Crippen LogP contribution in [-0.2, 0) is 19.1 Å². The minimum absolute atomic E-state index is 0.00649. The second-order valence-electron chi connectivity index (χ2n) is 5.98. The molecule has 1 rings (SSSR count). The number of carbonyl (C=O) groups excluding carboxylic acids is 2. The van der Waals surface area contributed by atoms with Crippen LogP contribution in [0.25, 0.3) is 0 Å². The van der Waals surface area contributed by atoms with Crippen molar-refractivity contribution < 1.29 is 19.1 Å². The Morgan fingerprint density at radius 2 is 1.95 bits per heavy atom. The first-order valence-corrected chi connectivity index (χ1v) is 7.68. The quantitative estimate of drug-likeness (QED) is 0.703. The van der Waals surface area contributed by atoms with E-state index in [1.54, 1.807) is 11.8 Å². The van der Waals surface area contributed by atoms with Crippen LogP contribution in [0.4, 0.5) is 0 Å². The van der Waals surface area contributed by atoms with Gasteiger partial charge in [0.1, 0.15) is 6.54 Å². The van der Waals surface area contributed by atoms with Gasteiger partial charge in [-0.2, -0.15) is 0 Å². The highest BCUT2D eigenvalue weighted by Crippen LogP contribution is 2.32. The van der Waals surface area contributed by atoms with E-state index in [0.29, 0.717) is 39.2 Å². The Morgan fingerprint density at radius 3 is 2.43 bits per heavy atom. The molecule has 21 heavy (non-hydrogen) atoms. The molecule has 0 unspecified atom stereocenters. The number of esters is 1. The van der Waals surface area contributed by atoms with E-state index < -0.39 is 5.41 Å². The lowest BCUT2D eigenvalue weighted by Crippen LogP contribution is -2.53. The van der Waals surface area contributed by atoms with Gasteiger partial charge in [-0.25, -0.2) is 0 Å². The average molecular weight is 300 g/mol. The summed E-state index contributed by atoms with van der Waals surface area (Å²) >= 11 is 0. The van der Waals surface area contributed by atoms with Crippen LogP contribution in [0.1, 0.15) is 33.6 Å². The monoisotopic (exact) mass is 300 g/mol. The van der Waals surface area contributed by atoms with E-state index in [9.17, 15) is 9.59 Å². The highest BCUT2D eigenvalue weighted by Gasteiger charge is 2.42. The predicted molar refractivity (Wildman–Crippen MR) is 79.6 cm³/mol. The van der Waals surface area contributed by atoms with Gasteiger partial charge in [0.25, 0.3) is 0 Å². The Balaban J connectivity index is 2.84. The second-order valence-corrected chi connectivity index (χ2v) is 5.98. The zero-order valence-electron chi connectivity index (χ0n) is 13.4. The molecule has 122 valence electrons. The van der Waals surface area contributed by atoms with E-state index in [2.05, 4.69) is 0 Å².